The van der Waals surface area contributed by atoms with Crippen LogP contribution < -0.4 is 4.90 Å². The number of nitrogens with zero attached hydrogens (tertiary/aromatic N) is 5. The van der Waals surface area contributed by atoms with Crippen LogP contribution in [0, 0.1) is 24.0 Å². The summed E-state index contributed by atoms with van der Waals surface area (Å²) in [6.45, 7) is 4.01. The number of rotatable bonds is 5. The number of benzene rings is 1. The number of pyridine rings is 2. The predicted octanol–water partition coefficient (Wildman–Crippen LogP) is 4.60. The molecule has 0 saturated heterocycles. The zero-order chi connectivity index (χ0) is 22.2. The van der Waals surface area contributed by atoms with E-state index >= 15 is 0 Å². The number of aromatic nitrogens is 4. The first-order chi connectivity index (χ1) is 14.8. The van der Waals surface area contributed by atoms with Gasteiger partial charge in [0.15, 0.2) is 0 Å². The number of halogens is 2. The van der Waals surface area contributed by atoms with Crippen molar-refractivity contribution < 1.29 is 29.8 Å². The zero-order valence-corrected chi connectivity index (χ0v) is 20.3. The molecular formula is C24H21F2N5Pt. The third-order valence-corrected chi connectivity index (χ3v) is 5.14. The Hall–Kier alpha value is -2.92. The van der Waals surface area contributed by atoms with Gasteiger partial charge in [-0.15, -0.1) is 12.1 Å². The third-order valence-electron chi connectivity index (χ3n) is 5.14. The van der Waals surface area contributed by atoms with E-state index in [0.717, 1.165) is 23.1 Å². The van der Waals surface area contributed by atoms with Crippen LogP contribution in [0.1, 0.15) is 25.2 Å². The molecule has 0 fully saturated rings. The van der Waals surface area contributed by atoms with Crippen molar-refractivity contribution in [3.8, 4) is 16.9 Å². The molecule has 0 bridgehead atoms. The topological polar surface area (TPSA) is 46.8 Å². The number of hydrogen-bond donors (Lipinski definition) is 0. The maximum Gasteiger partial charge on any atom is 2.00 e. The van der Waals surface area contributed by atoms with Crippen LogP contribution in [0.4, 0.5) is 14.5 Å². The van der Waals surface area contributed by atoms with E-state index in [-0.39, 0.29) is 26.6 Å². The van der Waals surface area contributed by atoms with Crippen molar-refractivity contribution in [2.24, 2.45) is 0 Å². The van der Waals surface area contributed by atoms with Gasteiger partial charge in [-0.05, 0) is 37.4 Å². The average Bonchev–Trinajstić information content (AvgIpc) is 3.25. The molecule has 0 N–H and O–H groups in total. The summed E-state index contributed by atoms with van der Waals surface area (Å²) in [5, 5.41) is 4.72. The van der Waals surface area contributed by atoms with Gasteiger partial charge in [0.2, 0.25) is 0 Å². The Morgan fingerprint density at radius 1 is 1.00 bits per heavy atom. The number of hydrogen-bond acceptors (Lipinski definition) is 4. The first-order valence-electron chi connectivity index (χ1n) is 9.73. The minimum Gasteiger partial charge on any atom is -0.378 e. The van der Waals surface area contributed by atoms with Gasteiger partial charge < -0.3 is 9.88 Å². The summed E-state index contributed by atoms with van der Waals surface area (Å²) in [5.41, 5.74) is 2.89. The summed E-state index contributed by atoms with van der Waals surface area (Å²) in [5.74, 6) is -1.87. The zero-order valence-electron chi connectivity index (χ0n) is 18.0. The van der Waals surface area contributed by atoms with Gasteiger partial charge in [0, 0.05) is 31.7 Å². The molecule has 0 aliphatic carbocycles. The van der Waals surface area contributed by atoms with Crippen LogP contribution >= 0.6 is 0 Å². The molecule has 0 unspecified atom stereocenters. The van der Waals surface area contributed by atoms with E-state index in [1.54, 1.807) is 10.7 Å². The van der Waals surface area contributed by atoms with E-state index in [9.17, 15) is 8.78 Å². The van der Waals surface area contributed by atoms with E-state index < -0.39 is 17.3 Å². The first kappa shape index (κ1) is 23.7. The summed E-state index contributed by atoms with van der Waals surface area (Å²) >= 11 is 0. The van der Waals surface area contributed by atoms with Gasteiger partial charge >= 0.3 is 21.1 Å². The molecule has 5 nitrogen and oxygen atoms in total. The summed E-state index contributed by atoms with van der Waals surface area (Å²) in [7, 11) is 3.78. The minimum absolute atomic E-state index is 0. The second-order valence-electron chi connectivity index (χ2n) is 7.90. The Labute approximate surface area is 200 Å². The van der Waals surface area contributed by atoms with E-state index in [1.807, 2.05) is 75.4 Å². The van der Waals surface area contributed by atoms with Crippen molar-refractivity contribution in [3.05, 3.63) is 90.1 Å². The van der Waals surface area contributed by atoms with E-state index in [0.29, 0.717) is 11.4 Å². The molecule has 32 heavy (non-hydrogen) atoms. The number of para-hydroxylation sites is 1. The Morgan fingerprint density at radius 2 is 1.78 bits per heavy atom. The van der Waals surface area contributed by atoms with Crippen molar-refractivity contribution in [2.75, 3.05) is 19.0 Å². The van der Waals surface area contributed by atoms with Crippen LogP contribution in [-0.4, -0.2) is 33.8 Å². The quantitative estimate of drug-likeness (QED) is 0.244. The molecule has 0 amide bonds. The smallest absolute Gasteiger partial charge is 0.378 e. The average molecular weight is 613 g/mol. The third kappa shape index (κ3) is 4.63. The van der Waals surface area contributed by atoms with Crippen LogP contribution in [0.3, 0.4) is 0 Å². The molecule has 0 aliphatic heterocycles. The maximum absolute atomic E-state index is 14.4. The van der Waals surface area contributed by atoms with Crippen molar-refractivity contribution >= 4 is 5.69 Å². The summed E-state index contributed by atoms with van der Waals surface area (Å²) in [6, 6.07) is 19.9. The van der Waals surface area contributed by atoms with Gasteiger partial charge in [-0.3, -0.25) is 9.67 Å². The van der Waals surface area contributed by atoms with Crippen LogP contribution in [0.15, 0.2) is 54.7 Å². The van der Waals surface area contributed by atoms with E-state index in [1.165, 1.54) is 0 Å². The summed E-state index contributed by atoms with van der Waals surface area (Å²) in [6.07, 6.45) is 1.87. The predicted molar refractivity (Wildman–Crippen MR) is 115 cm³/mol. The Morgan fingerprint density at radius 3 is 2.44 bits per heavy atom. The fourth-order valence-corrected chi connectivity index (χ4v) is 3.22. The van der Waals surface area contributed by atoms with Gasteiger partial charge in [-0.2, -0.15) is 29.4 Å². The largest absolute Gasteiger partial charge is 2.00 e. The van der Waals surface area contributed by atoms with Gasteiger partial charge in [0.1, 0.15) is 11.9 Å². The molecule has 0 spiro atoms. The van der Waals surface area contributed by atoms with E-state index in [2.05, 4.69) is 22.1 Å². The van der Waals surface area contributed by atoms with Crippen LogP contribution in [-0.2, 0) is 26.5 Å². The van der Waals surface area contributed by atoms with Crippen LogP contribution in [0.25, 0.3) is 16.9 Å². The first-order valence-corrected chi connectivity index (χ1v) is 9.73. The molecule has 0 atom stereocenters. The van der Waals surface area contributed by atoms with Gasteiger partial charge in [-0.1, -0.05) is 17.7 Å². The SMILES string of the molecule is CN(C)c1cc(-c2[c-]cc(F)nc2F)nc(C(C)(C)c2ccn(-c3[c-]cccc3)n2)c1.[Pt+2]. The van der Waals surface area contributed by atoms with Crippen LogP contribution in [0.2, 0.25) is 0 Å². The maximum atomic E-state index is 14.4. The standard InChI is InChI=1S/C24H21F2N5.Pt/c1-24(2,20-12-13-31(29-20)16-8-6-5-7-9-16)21-15-17(30(3)4)14-19(27-21)18-10-11-22(25)28-23(18)26;/h5-8,11-15H,1-4H3;/q-2;+2. The molecule has 0 radical (unpaired) electrons. The second-order valence-corrected chi connectivity index (χ2v) is 7.90. The summed E-state index contributed by atoms with van der Waals surface area (Å²) < 4.78 is 29.4. The minimum atomic E-state index is -0.948. The molecule has 0 saturated carbocycles. The van der Waals surface area contributed by atoms with Crippen LogP contribution in [0.5, 0.6) is 0 Å². The molecule has 8 heteroatoms. The van der Waals surface area contributed by atoms with E-state index in [4.69, 9.17) is 5.10 Å². The van der Waals surface area contributed by atoms with Crippen molar-refractivity contribution in [1.29, 1.82) is 0 Å². The Kier molecular flexibility index (Phi) is 6.89. The second kappa shape index (κ2) is 9.29. The molecule has 1 aromatic carbocycles. The fourth-order valence-electron chi connectivity index (χ4n) is 3.22. The molecule has 3 aromatic heterocycles. The normalized spacial score (nSPS) is 11.2. The molecular weight excluding hydrogens is 591 g/mol. The van der Waals surface area contributed by atoms with Crippen molar-refractivity contribution in [2.45, 2.75) is 19.3 Å². The number of anilines is 1. The Bertz CT molecular complexity index is 1220. The van der Waals surface area contributed by atoms with Crippen molar-refractivity contribution in [1.82, 2.24) is 19.7 Å². The van der Waals surface area contributed by atoms with Gasteiger partial charge in [-0.25, -0.2) is 8.78 Å². The molecule has 0 aliphatic rings. The van der Waals surface area contributed by atoms with Gasteiger partial charge in [0.25, 0.3) is 0 Å². The van der Waals surface area contributed by atoms with Crippen molar-refractivity contribution in [3.63, 3.8) is 0 Å². The Balaban J connectivity index is 0.00000289. The molecule has 166 valence electrons. The van der Waals surface area contributed by atoms with Gasteiger partial charge in [0.05, 0.1) is 11.1 Å². The molecule has 4 rings (SSSR count). The monoisotopic (exact) mass is 612 g/mol. The summed E-state index contributed by atoms with van der Waals surface area (Å²) in [4.78, 5) is 9.86. The fraction of sp³-hybridized carbons (Fsp3) is 0.208. The molecule has 3 heterocycles. The molecule has 4 aromatic rings.